The minimum atomic E-state index is -3.69. The molecule has 1 aliphatic rings. The van der Waals surface area contributed by atoms with Crippen molar-refractivity contribution >= 4 is 10.4 Å². The van der Waals surface area contributed by atoms with Crippen molar-refractivity contribution in [2.75, 3.05) is 13.1 Å². The summed E-state index contributed by atoms with van der Waals surface area (Å²) in [6.07, 6.45) is 1.03. The van der Waals surface area contributed by atoms with Crippen molar-refractivity contribution in [3.8, 4) is 5.69 Å². The van der Waals surface area contributed by atoms with E-state index in [2.05, 4.69) is 15.2 Å². The lowest BCUT2D eigenvalue weighted by atomic mass is 9.98. The molecular weight excluding hydrogens is 401 g/mol. The number of rotatable bonds is 4. The molecule has 4 rings (SSSR count). The van der Waals surface area contributed by atoms with Crippen LogP contribution in [0.15, 0.2) is 38.5 Å². The van der Waals surface area contributed by atoms with Gasteiger partial charge in [-0.25, -0.2) is 9.18 Å². The number of hydrogen-bond donors (Lipinski definition) is 1. The smallest absolute Gasteiger partial charge is 0.348 e. The van der Waals surface area contributed by atoms with Crippen LogP contribution < -0.4 is 5.69 Å². The van der Waals surface area contributed by atoms with Gasteiger partial charge in [-0.15, -0.1) is 9.40 Å². The fourth-order valence-corrected chi connectivity index (χ4v) is 5.38. The van der Waals surface area contributed by atoms with Crippen molar-refractivity contribution in [1.82, 2.24) is 24.2 Å². The number of aromatic nitrogens is 4. The third-order valence-electron chi connectivity index (χ3n) is 5.11. The second kappa shape index (κ2) is 7.32. The second-order valence-electron chi connectivity index (χ2n) is 7.04. The Hall–Kier alpha value is -2.63. The van der Waals surface area contributed by atoms with E-state index in [0.29, 0.717) is 43.1 Å². The zero-order chi connectivity index (χ0) is 20.8. The fourth-order valence-electron chi connectivity index (χ4n) is 3.62. The number of aryl methyl sites for hydroxylation is 2. The molecule has 11 heteroatoms. The standard InChI is InChI=1S/C18H20FN5O4S/c1-11-16(12(2)28-22-11)29(26,27)23-9-7-13(8-10-23)17-20-18(25)24(21-17)15-5-3-14(19)4-6-15/h3-6,13H,7-10H2,1-2H3,(H-,20,21,25,26,27). The van der Waals surface area contributed by atoms with E-state index in [9.17, 15) is 17.9 Å². The molecule has 3 heterocycles. The first-order valence-electron chi connectivity index (χ1n) is 9.15. The van der Waals surface area contributed by atoms with Gasteiger partial charge in [0.1, 0.15) is 17.3 Å². The maximum atomic E-state index is 13.1. The van der Waals surface area contributed by atoms with E-state index >= 15 is 0 Å². The van der Waals surface area contributed by atoms with Crippen LogP contribution in [-0.4, -0.2) is 41.9 Å². The van der Waals surface area contributed by atoms with Gasteiger partial charge in [-0.1, -0.05) is 9.37 Å². The summed E-state index contributed by atoms with van der Waals surface area (Å²) in [7, 11) is -3.69. The van der Waals surface area contributed by atoms with Gasteiger partial charge in [-0.05, 0) is 44.0 Å². The molecule has 0 aliphatic carbocycles. The molecule has 3 aromatic rings. The average Bonchev–Trinajstić information content (AvgIpc) is 3.25. The van der Waals surface area contributed by atoms with Gasteiger partial charge in [-0.3, -0.25) is 4.98 Å². The maximum Gasteiger partial charge on any atom is 0.348 e. The highest BCUT2D eigenvalue weighted by molar-refractivity contribution is 7.95. The summed E-state index contributed by atoms with van der Waals surface area (Å²) in [5, 5.41) is 8.06. The topological polar surface area (TPSA) is 120 Å². The van der Waals surface area contributed by atoms with Crippen LogP contribution in [0.5, 0.6) is 0 Å². The van der Waals surface area contributed by atoms with Crippen LogP contribution in [0, 0.1) is 19.7 Å². The first kappa shape index (κ1) is 19.7. The number of nitrogens with one attached hydrogen (secondary N) is 1. The molecule has 0 spiro atoms. The first-order valence-corrected chi connectivity index (χ1v) is 10.6. The van der Waals surface area contributed by atoms with Gasteiger partial charge >= 0.3 is 5.69 Å². The molecule has 0 radical (unpaired) electrons. The van der Waals surface area contributed by atoms with E-state index in [1.807, 2.05) is 0 Å². The minimum absolute atomic E-state index is 0.0829. The van der Waals surface area contributed by atoms with E-state index in [1.54, 1.807) is 13.8 Å². The summed E-state index contributed by atoms with van der Waals surface area (Å²) in [6, 6.07) is 5.46. The average molecular weight is 421 g/mol. The third-order valence-corrected chi connectivity index (χ3v) is 7.26. The summed E-state index contributed by atoms with van der Waals surface area (Å²) in [5.74, 6) is 0.283. The van der Waals surface area contributed by atoms with Gasteiger partial charge in [0.2, 0.25) is 4.90 Å². The fraction of sp³-hybridized carbons (Fsp3) is 0.389. The van der Waals surface area contributed by atoms with Gasteiger partial charge in [0.15, 0.2) is 16.2 Å². The van der Waals surface area contributed by atoms with Crippen molar-refractivity contribution < 1.29 is 17.7 Å². The molecule has 1 unspecified atom stereocenters. The predicted molar refractivity (Wildman–Crippen MR) is 101 cm³/mol. The molecule has 1 N–H and O–H groups in total. The molecule has 0 saturated carbocycles. The number of H-pyrrole nitrogens is 1. The second-order valence-corrected chi connectivity index (χ2v) is 8.91. The molecule has 1 saturated heterocycles. The maximum absolute atomic E-state index is 13.1. The number of aromatic amines is 1. The van der Waals surface area contributed by atoms with Crippen molar-refractivity contribution in [1.29, 1.82) is 0 Å². The zero-order valence-corrected chi connectivity index (χ0v) is 16.7. The Morgan fingerprint density at radius 3 is 2.48 bits per heavy atom. The summed E-state index contributed by atoms with van der Waals surface area (Å²) < 4.78 is 46.5. The third kappa shape index (κ3) is 3.56. The summed E-state index contributed by atoms with van der Waals surface area (Å²) >= 11 is 0. The van der Waals surface area contributed by atoms with Gasteiger partial charge in [0, 0.05) is 25.9 Å². The highest BCUT2D eigenvalue weighted by atomic mass is 32.3. The Morgan fingerprint density at radius 1 is 1.24 bits per heavy atom. The van der Waals surface area contributed by atoms with E-state index in [-0.39, 0.29) is 16.6 Å². The number of nitrogens with zero attached hydrogens (tertiary/aromatic N) is 4. The highest BCUT2D eigenvalue weighted by Crippen LogP contribution is 2.33. The molecule has 1 aromatic carbocycles. The molecule has 9 nitrogen and oxygen atoms in total. The predicted octanol–water partition coefficient (Wildman–Crippen LogP) is 2.09. The molecule has 0 amide bonds. The monoisotopic (exact) mass is 421 g/mol. The van der Waals surface area contributed by atoms with E-state index in [4.69, 9.17) is 4.52 Å². The lowest BCUT2D eigenvalue weighted by molar-refractivity contribution is 0.286. The Balaban J connectivity index is 1.50. The molecule has 29 heavy (non-hydrogen) atoms. The molecule has 1 aliphatic heterocycles. The largest absolute Gasteiger partial charge is 0.593 e. The normalized spacial score (nSPS) is 18.1. The van der Waals surface area contributed by atoms with Gasteiger partial charge in [0.05, 0.1) is 5.69 Å². The van der Waals surface area contributed by atoms with Gasteiger partial charge < -0.3 is 9.08 Å². The Labute approximate surface area is 166 Å². The van der Waals surface area contributed by atoms with Crippen molar-refractivity contribution in [2.45, 2.75) is 37.5 Å². The Bertz CT molecular complexity index is 1110. The Kier molecular flexibility index (Phi) is 4.97. The number of sulfonamides is 1. The SMILES string of the molecule is Cc1noc(C)c1[S+](=O)([O-])N1CCC(c2nn(-c3ccc(F)cc3)c(=O)[nH]2)CC1. The quantitative estimate of drug-likeness (QED) is 0.644. The van der Waals surface area contributed by atoms with Crippen LogP contribution in [0.3, 0.4) is 0 Å². The summed E-state index contributed by atoms with van der Waals surface area (Å²) in [5.41, 5.74) is 0.377. The molecule has 154 valence electrons. The van der Waals surface area contributed by atoms with Crippen LogP contribution >= 0.6 is 0 Å². The molecule has 2 aromatic heterocycles. The summed E-state index contributed by atoms with van der Waals surface area (Å²) in [6.45, 7) is 3.76. The lowest BCUT2D eigenvalue weighted by Gasteiger charge is -2.32. The number of piperidine rings is 1. The van der Waals surface area contributed by atoms with Crippen LogP contribution in [0.4, 0.5) is 4.39 Å². The number of hydrogen-bond acceptors (Lipinski definition) is 6. The van der Waals surface area contributed by atoms with Crippen molar-refractivity contribution in [3.05, 3.63) is 57.8 Å². The minimum Gasteiger partial charge on any atom is -0.593 e. The Morgan fingerprint density at radius 2 is 1.90 bits per heavy atom. The van der Waals surface area contributed by atoms with Crippen LogP contribution in [0.25, 0.3) is 5.69 Å². The highest BCUT2D eigenvalue weighted by Gasteiger charge is 2.39. The molecule has 1 fully saturated rings. The molecule has 0 bridgehead atoms. The van der Waals surface area contributed by atoms with Crippen LogP contribution in [-0.2, 0) is 14.6 Å². The molecular formula is C18H20FN5O4S. The van der Waals surface area contributed by atoms with Crippen molar-refractivity contribution in [3.63, 3.8) is 0 Å². The number of halogens is 1. The van der Waals surface area contributed by atoms with E-state index in [1.165, 1.54) is 33.3 Å². The van der Waals surface area contributed by atoms with Gasteiger partial charge in [-0.2, -0.15) is 4.68 Å². The van der Waals surface area contributed by atoms with Crippen LogP contribution in [0.1, 0.15) is 36.0 Å². The van der Waals surface area contributed by atoms with E-state index < -0.39 is 21.9 Å². The zero-order valence-electron chi connectivity index (χ0n) is 15.9. The molecule has 1 atom stereocenters. The lowest BCUT2D eigenvalue weighted by Crippen LogP contribution is -2.42. The number of benzene rings is 1. The van der Waals surface area contributed by atoms with Crippen LogP contribution in [0.2, 0.25) is 0 Å². The summed E-state index contributed by atoms with van der Waals surface area (Å²) in [4.78, 5) is 15.1. The first-order chi connectivity index (χ1) is 13.8. The van der Waals surface area contributed by atoms with Crippen molar-refractivity contribution in [2.24, 2.45) is 0 Å². The van der Waals surface area contributed by atoms with Gasteiger partial charge in [0.25, 0.3) is 0 Å². The van der Waals surface area contributed by atoms with E-state index in [0.717, 1.165) is 0 Å².